The molecule has 0 aliphatic carbocycles. The van der Waals surface area contributed by atoms with Crippen molar-refractivity contribution in [2.45, 2.75) is 5.16 Å². The zero-order valence-corrected chi connectivity index (χ0v) is 16.6. The third-order valence-electron chi connectivity index (χ3n) is 4.17. The van der Waals surface area contributed by atoms with Crippen LogP contribution in [0.25, 0.3) is 23.2 Å². The van der Waals surface area contributed by atoms with Crippen molar-refractivity contribution in [3.05, 3.63) is 102 Å². The molecule has 5 heteroatoms. The van der Waals surface area contributed by atoms with Crippen LogP contribution in [0.4, 0.5) is 0 Å². The maximum atomic E-state index is 6.08. The van der Waals surface area contributed by atoms with Gasteiger partial charge in [0.15, 0.2) is 11.0 Å². The zero-order valence-electron chi connectivity index (χ0n) is 15.1. The Morgan fingerprint density at radius 2 is 1.50 bits per heavy atom. The number of hydrogen-bond acceptors (Lipinski definition) is 3. The summed E-state index contributed by atoms with van der Waals surface area (Å²) in [6.45, 7) is 0. The van der Waals surface area contributed by atoms with Gasteiger partial charge in [0.1, 0.15) is 0 Å². The lowest BCUT2D eigenvalue weighted by molar-refractivity contribution is 0.888. The van der Waals surface area contributed by atoms with E-state index in [1.807, 2.05) is 72.8 Å². The minimum Gasteiger partial charge on any atom is -0.270 e. The van der Waals surface area contributed by atoms with Crippen molar-refractivity contribution >= 4 is 29.4 Å². The van der Waals surface area contributed by atoms with Gasteiger partial charge in [0.2, 0.25) is 0 Å². The summed E-state index contributed by atoms with van der Waals surface area (Å²) in [5.74, 6) is 1.62. The maximum Gasteiger partial charge on any atom is 0.196 e. The monoisotopic (exact) mass is 403 g/mol. The molecule has 0 N–H and O–H groups in total. The van der Waals surface area contributed by atoms with Crippen LogP contribution in [0.3, 0.4) is 0 Å². The first-order chi connectivity index (χ1) is 13.8. The van der Waals surface area contributed by atoms with E-state index in [1.54, 1.807) is 11.8 Å². The number of halogens is 1. The second-order valence-electron chi connectivity index (χ2n) is 6.11. The van der Waals surface area contributed by atoms with E-state index in [4.69, 9.17) is 11.6 Å². The van der Waals surface area contributed by atoms with E-state index >= 15 is 0 Å². The summed E-state index contributed by atoms with van der Waals surface area (Å²) in [6, 6.07) is 28.1. The Labute approximate surface area is 173 Å². The van der Waals surface area contributed by atoms with Gasteiger partial charge in [-0.25, -0.2) is 0 Å². The largest absolute Gasteiger partial charge is 0.270 e. The Morgan fingerprint density at radius 1 is 0.821 bits per heavy atom. The van der Waals surface area contributed by atoms with Crippen molar-refractivity contribution in [2.75, 3.05) is 5.75 Å². The smallest absolute Gasteiger partial charge is 0.196 e. The predicted molar refractivity (Wildman–Crippen MR) is 118 cm³/mol. The molecule has 0 bridgehead atoms. The van der Waals surface area contributed by atoms with E-state index < -0.39 is 0 Å². The SMILES string of the molecule is Clc1ccc(-n2c(SC/C=C/c3ccccc3)nnc2-c2ccccc2)cc1. The first kappa shape index (κ1) is 18.5. The fourth-order valence-electron chi connectivity index (χ4n) is 2.83. The molecule has 0 aliphatic rings. The van der Waals surface area contributed by atoms with E-state index in [-0.39, 0.29) is 0 Å². The summed E-state index contributed by atoms with van der Waals surface area (Å²) in [5.41, 5.74) is 3.20. The van der Waals surface area contributed by atoms with Gasteiger partial charge in [0, 0.05) is 22.0 Å². The van der Waals surface area contributed by atoms with Gasteiger partial charge in [0.25, 0.3) is 0 Å². The van der Waals surface area contributed by atoms with Crippen molar-refractivity contribution < 1.29 is 0 Å². The molecular formula is C23H18ClN3S. The molecule has 0 unspecified atom stereocenters. The van der Waals surface area contributed by atoms with Crippen LogP contribution in [0.5, 0.6) is 0 Å². The fourth-order valence-corrected chi connectivity index (χ4v) is 3.72. The Bertz CT molecular complexity index is 1060. The van der Waals surface area contributed by atoms with E-state index in [1.165, 1.54) is 5.56 Å². The maximum absolute atomic E-state index is 6.08. The van der Waals surface area contributed by atoms with Crippen LogP contribution in [-0.2, 0) is 0 Å². The highest BCUT2D eigenvalue weighted by atomic mass is 35.5. The van der Waals surface area contributed by atoms with Crippen LogP contribution in [-0.4, -0.2) is 20.5 Å². The Kier molecular flexibility index (Phi) is 5.90. The van der Waals surface area contributed by atoms with E-state index in [2.05, 4.69) is 39.0 Å². The zero-order chi connectivity index (χ0) is 19.2. The van der Waals surface area contributed by atoms with Gasteiger partial charge in [-0.05, 0) is 29.8 Å². The van der Waals surface area contributed by atoms with Crippen molar-refractivity contribution in [1.82, 2.24) is 14.8 Å². The molecule has 1 heterocycles. The molecule has 0 atom stereocenters. The molecule has 0 fully saturated rings. The summed E-state index contributed by atoms with van der Waals surface area (Å²) < 4.78 is 2.08. The summed E-state index contributed by atoms with van der Waals surface area (Å²) >= 11 is 7.73. The van der Waals surface area contributed by atoms with E-state index in [0.29, 0.717) is 5.02 Å². The second kappa shape index (κ2) is 8.91. The normalized spacial score (nSPS) is 11.2. The van der Waals surface area contributed by atoms with Crippen molar-refractivity contribution in [2.24, 2.45) is 0 Å². The topological polar surface area (TPSA) is 30.7 Å². The Hall–Kier alpha value is -2.82. The third kappa shape index (κ3) is 4.35. The number of hydrogen-bond donors (Lipinski definition) is 0. The average molecular weight is 404 g/mol. The number of benzene rings is 3. The molecule has 3 nitrogen and oxygen atoms in total. The fraction of sp³-hybridized carbons (Fsp3) is 0.0435. The van der Waals surface area contributed by atoms with Gasteiger partial charge in [0.05, 0.1) is 0 Å². The van der Waals surface area contributed by atoms with Crippen molar-refractivity contribution in [3.8, 4) is 17.1 Å². The average Bonchev–Trinajstić information content (AvgIpc) is 3.17. The highest BCUT2D eigenvalue weighted by Crippen LogP contribution is 2.28. The lowest BCUT2D eigenvalue weighted by Crippen LogP contribution is -1.99. The molecule has 0 saturated heterocycles. The van der Waals surface area contributed by atoms with Gasteiger partial charge in [-0.3, -0.25) is 4.57 Å². The van der Waals surface area contributed by atoms with Crippen LogP contribution in [0.1, 0.15) is 5.56 Å². The molecule has 1 aromatic heterocycles. The summed E-state index contributed by atoms with van der Waals surface area (Å²) in [4.78, 5) is 0. The lowest BCUT2D eigenvalue weighted by Gasteiger charge is -2.10. The molecule has 4 rings (SSSR count). The minimum atomic E-state index is 0.707. The highest BCUT2D eigenvalue weighted by molar-refractivity contribution is 7.99. The molecule has 0 saturated carbocycles. The summed E-state index contributed by atoms with van der Waals surface area (Å²) in [5, 5.41) is 10.5. The predicted octanol–water partition coefficient (Wildman–Crippen LogP) is 6.39. The third-order valence-corrected chi connectivity index (χ3v) is 5.30. The number of nitrogens with zero attached hydrogens (tertiary/aromatic N) is 3. The van der Waals surface area contributed by atoms with Crippen molar-refractivity contribution in [3.63, 3.8) is 0 Å². The Morgan fingerprint density at radius 3 is 2.21 bits per heavy atom. The number of thioether (sulfide) groups is 1. The Balaban J connectivity index is 1.62. The van der Waals surface area contributed by atoms with Gasteiger partial charge in [-0.15, -0.1) is 10.2 Å². The molecule has 0 radical (unpaired) electrons. The van der Waals surface area contributed by atoms with Crippen LogP contribution >= 0.6 is 23.4 Å². The van der Waals surface area contributed by atoms with Crippen LogP contribution < -0.4 is 0 Å². The van der Waals surface area contributed by atoms with E-state index in [0.717, 1.165) is 28.0 Å². The minimum absolute atomic E-state index is 0.707. The first-order valence-corrected chi connectivity index (χ1v) is 10.3. The summed E-state index contributed by atoms with van der Waals surface area (Å²) in [6.07, 6.45) is 4.26. The molecule has 3 aromatic carbocycles. The van der Waals surface area contributed by atoms with Gasteiger partial charge in [-0.2, -0.15) is 0 Å². The van der Waals surface area contributed by atoms with Gasteiger partial charge < -0.3 is 0 Å². The van der Waals surface area contributed by atoms with Crippen molar-refractivity contribution in [1.29, 1.82) is 0 Å². The summed E-state index contributed by atoms with van der Waals surface area (Å²) in [7, 11) is 0. The molecule has 138 valence electrons. The highest BCUT2D eigenvalue weighted by Gasteiger charge is 2.15. The number of aromatic nitrogens is 3. The van der Waals surface area contributed by atoms with Crippen LogP contribution in [0.2, 0.25) is 5.02 Å². The second-order valence-corrected chi connectivity index (χ2v) is 7.53. The van der Waals surface area contributed by atoms with Crippen LogP contribution in [0.15, 0.2) is 96.2 Å². The molecule has 0 spiro atoms. The molecular weight excluding hydrogens is 386 g/mol. The molecule has 28 heavy (non-hydrogen) atoms. The van der Waals surface area contributed by atoms with Gasteiger partial charge in [-0.1, -0.05) is 96.2 Å². The molecule has 0 aliphatic heterocycles. The van der Waals surface area contributed by atoms with E-state index in [9.17, 15) is 0 Å². The van der Waals surface area contributed by atoms with Crippen LogP contribution in [0, 0.1) is 0 Å². The van der Waals surface area contributed by atoms with Gasteiger partial charge >= 0.3 is 0 Å². The molecule has 4 aromatic rings. The first-order valence-electron chi connectivity index (χ1n) is 8.92. The lowest BCUT2D eigenvalue weighted by atomic mass is 10.2. The number of rotatable bonds is 6. The standard InChI is InChI=1S/C23H18ClN3S/c24-20-13-15-21(16-14-20)27-22(19-11-5-2-6-12-19)25-26-23(27)28-17-7-10-18-8-3-1-4-9-18/h1-16H,17H2/b10-7+. The quantitative estimate of drug-likeness (QED) is 0.349. The molecule has 0 amide bonds.